The summed E-state index contributed by atoms with van der Waals surface area (Å²) in [6.07, 6.45) is 0.269. The summed E-state index contributed by atoms with van der Waals surface area (Å²) < 4.78 is 5.43. The number of hydrogen-bond donors (Lipinski definition) is 1. The van der Waals surface area contributed by atoms with Gasteiger partial charge < -0.3 is 24.8 Å². The first-order valence-electron chi connectivity index (χ1n) is 9.21. The SMILES string of the molecule is CN(C)CCNC(=O)C1CC(=O)N(c2ccccc2N2CCOCC2)C1. The molecule has 2 saturated heterocycles. The summed E-state index contributed by atoms with van der Waals surface area (Å²) in [6, 6.07) is 7.94. The Balaban J connectivity index is 1.68. The molecular weight excluding hydrogens is 332 g/mol. The highest BCUT2D eigenvalue weighted by Crippen LogP contribution is 2.34. The van der Waals surface area contributed by atoms with Crippen LogP contribution in [0.3, 0.4) is 0 Å². The van der Waals surface area contributed by atoms with E-state index >= 15 is 0 Å². The molecule has 2 aliphatic heterocycles. The van der Waals surface area contributed by atoms with E-state index in [1.807, 2.05) is 43.3 Å². The van der Waals surface area contributed by atoms with E-state index in [1.165, 1.54) is 0 Å². The number of nitrogens with zero attached hydrogens (tertiary/aromatic N) is 3. The Morgan fingerprint density at radius 1 is 1.23 bits per heavy atom. The van der Waals surface area contributed by atoms with Gasteiger partial charge in [0, 0.05) is 39.1 Å². The molecule has 7 nitrogen and oxygen atoms in total. The average Bonchev–Trinajstić information content (AvgIpc) is 3.04. The second-order valence-corrected chi connectivity index (χ2v) is 7.09. The normalized spacial score (nSPS) is 20.7. The fourth-order valence-electron chi connectivity index (χ4n) is 3.43. The van der Waals surface area contributed by atoms with Gasteiger partial charge in [-0.25, -0.2) is 0 Å². The van der Waals surface area contributed by atoms with Gasteiger partial charge in [-0.1, -0.05) is 12.1 Å². The number of hydrogen-bond acceptors (Lipinski definition) is 5. The number of para-hydroxylation sites is 2. The molecule has 0 radical (unpaired) electrons. The minimum absolute atomic E-state index is 0.0125. The summed E-state index contributed by atoms with van der Waals surface area (Å²) in [5, 5.41) is 2.94. The smallest absolute Gasteiger partial charge is 0.227 e. The van der Waals surface area contributed by atoms with Crippen LogP contribution in [0.1, 0.15) is 6.42 Å². The number of morpholine rings is 1. The topological polar surface area (TPSA) is 65.1 Å². The van der Waals surface area contributed by atoms with Crippen LogP contribution in [0.25, 0.3) is 0 Å². The Bertz CT molecular complexity index is 643. The maximum Gasteiger partial charge on any atom is 0.227 e. The molecule has 2 amide bonds. The summed E-state index contributed by atoms with van der Waals surface area (Å²) in [4.78, 5) is 31.0. The van der Waals surface area contributed by atoms with E-state index in [1.54, 1.807) is 4.90 Å². The van der Waals surface area contributed by atoms with Gasteiger partial charge in [0.1, 0.15) is 0 Å². The average molecular weight is 360 g/mol. The minimum atomic E-state index is -0.289. The Hall–Kier alpha value is -2.12. The molecule has 0 bridgehead atoms. The van der Waals surface area contributed by atoms with E-state index < -0.39 is 0 Å². The first-order chi connectivity index (χ1) is 12.6. The van der Waals surface area contributed by atoms with Crippen LogP contribution in [0.5, 0.6) is 0 Å². The monoisotopic (exact) mass is 360 g/mol. The van der Waals surface area contributed by atoms with Crippen molar-refractivity contribution in [1.82, 2.24) is 10.2 Å². The van der Waals surface area contributed by atoms with Crippen molar-refractivity contribution in [1.29, 1.82) is 0 Å². The van der Waals surface area contributed by atoms with Gasteiger partial charge in [-0.3, -0.25) is 9.59 Å². The molecule has 1 atom stereocenters. The zero-order valence-corrected chi connectivity index (χ0v) is 15.6. The van der Waals surface area contributed by atoms with Crippen LogP contribution >= 0.6 is 0 Å². The lowest BCUT2D eigenvalue weighted by molar-refractivity contribution is -0.126. The highest BCUT2D eigenvalue weighted by molar-refractivity contribution is 6.02. The molecule has 1 aromatic carbocycles. The van der Waals surface area contributed by atoms with Gasteiger partial charge in [0.2, 0.25) is 11.8 Å². The Morgan fingerprint density at radius 2 is 1.92 bits per heavy atom. The quantitative estimate of drug-likeness (QED) is 0.803. The van der Waals surface area contributed by atoms with Gasteiger partial charge in [0.15, 0.2) is 0 Å². The van der Waals surface area contributed by atoms with E-state index in [0.717, 1.165) is 31.0 Å². The van der Waals surface area contributed by atoms with Crippen LogP contribution in [0.15, 0.2) is 24.3 Å². The number of carbonyl (C=O) groups excluding carboxylic acids is 2. The maximum atomic E-state index is 12.6. The van der Waals surface area contributed by atoms with Gasteiger partial charge in [-0.15, -0.1) is 0 Å². The Kier molecular flexibility index (Phi) is 6.11. The molecule has 142 valence electrons. The maximum absolute atomic E-state index is 12.6. The zero-order valence-electron chi connectivity index (χ0n) is 15.6. The largest absolute Gasteiger partial charge is 0.378 e. The van der Waals surface area contributed by atoms with E-state index in [4.69, 9.17) is 4.74 Å². The predicted molar refractivity (Wildman–Crippen MR) is 101 cm³/mol. The third-order valence-corrected chi connectivity index (χ3v) is 4.88. The third-order valence-electron chi connectivity index (χ3n) is 4.88. The van der Waals surface area contributed by atoms with Crippen LogP contribution in [-0.2, 0) is 14.3 Å². The fourth-order valence-corrected chi connectivity index (χ4v) is 3.43. The van der Waals surface area contributed by atoms with Crippen LogP contribution in [0.4, 0.5) is 11.4 Å². The lowest BCUT2D eigenvalue weighted by atomic mass is 10.1. The van der Waals surface area contributed by atoms with Gasteiger partial charge in [0.05, 0.1) is 30.5 Å². The number of ether oxygens (including phenoxy) is 1. The summed E-state index contributed by atoms with van der Waals surface area (Å²) in [5.74, 6) is -0.313. The fraction of sp³-hybridized carbons (Fsp3) is 0.579. The van der Waals surface area contributed by atoms with Crippen molar-refractivity contribution >= 4 is 23.2 Å². The number of anilines is 2. The Morgan fingerprint density at radius 3 is 2.62 bits per heavy atom. The summed E-state index contributed by atoms with van der Waals surface area (Å²) in [5.41, 5.74) is 1.93. The van der Waals surface area contributed by atoms with E-state index in [-0.39, 0.29) is 24.2 Å². The van der Waals surface area contributed by atoms with E-state index in [0.29, 0.717) is 26.3 Å². The Labute approximate surface area is 154 Å². The molecule has 1 N–H and O–H groups in total. The van der Waals surface area contributed by atoms with Gasteiger partial charge >= 0.3 is 0 Å². The molecule has 1 unspecified atom stereocenters. The summed E-state index contributed by atoms with van der Waals surface area (Å²) in [7, 11) is 3.94. The predicted octanol–water partition coefficient (Wildman–Crippen LogP) is 0.554. The molecule has 2 fully saturated rings. The van der Waals surface area contributed by atoms with Crippen molar-refractivity contribution in [2.75, 3.05) is 69.8 Å². The van der Waals surface area contributed by atoms with Gasteiger partial charge in [-0.05, 0) is 26.2 Å². The number of benzene rings is 1. The minimum Gasteiger partial charge on any atom is -0.378 e. The number of rotatable bonds is 6. The lowest BCUT2D eigenvalue weighted by Crippen LogP contribution is -2.38. The molecular formula is C19H28N4O3. The molecule has 2 aliphatic rings. The van der Waals surface area contributed by atoms with Crippen LogP contribution in [-0.4, -0.2) is 76.7 Å². The first-order valence-corrected chi connectivity index (χ1v) is 9.21. The zero-order chi connectivity index (χ0) is 18.5. The van der Waals surface area contributed by atoms with Crippen LogP contribution < -0.4 is 15.1 Å². The molecule has 3 rings (SSSR count). The molecule has 2 heterocycles. The van der Waals surface area contributed by atoms with Crippen LogP contribution in [0, 0.1) is 5.92 Å². The van der Waals surface area contributed by atoms with Crippen molar-refractivity contribution < 1.29 is 14.3 Å². The molecule has 7 heteroatoms. The van der Waals surface area contributed by atoms with Crippen molar-refractivity contribution in [2.24, 2.45) is 5.92 Å². The molecule has 0 spiro atoms. The van der Waals surface area contributed by atoms with Crippen molar-refractivity contribution in [3.05, 3.63) is 24.3 Å². The summed E-state index contributed by atoms with van der Waals surface area (Å²) in [6.45, 7) is 4.84. The first kappa shape index (κ1) is 18.7. The standard InChI is InChI=1S/C19H28N4O3/c1-21(2)8-7-20-19(25)15-13-18(24)23(14-15)17-6-4-3-5-16(17)22-9-11-26-12-10-22/h3-6,15H,7-14H2,1-2H3,(H,20,25). The van der Waals surface area contributed by atoms with Crippen molar-refractivity contribution in [3.63, 3.8) is 0 Å². The highest BCUT2D eigenvalue weighted by atomic mass is 16.5. The second-order valence-electron chi connectivity index (χ2n) is 7.09. The molecule has 26 heavy (non-hydrogen) atoms. The number of nitrogens with one attached hydrogen (secondary N) is 1. The van der Waals surface area contributed by atoms with E-state index in [9.17, 15) is 9.59 Å². The number of likely N-dealkylation sites (N-methyl/N-ethyl adjacent to an activating group) is 1. The summed E-state index contributed by atoms with van der Waals surface area (Å²) >= 11 is 0. The molecule has 0 aromatic heterocycles. The highest BCUT2D eigenvalue weighted by Gasteiger charge is 2.36. The third kappa shape index (κ3) is 4.34. The lowest BCUT2D eigenvalue weighted by Gasteiger charge is -2.32. The number of amides is 2. The van der Waals surface area contributed by atoms with Crippen molar-refractivity contribution in [3.8, 4) is 0 Å². The second kappa shape index (κ2) is 8.51. The van der Waals surface area contributed by atoms with Gasteiger partial charge in [0.25, 0.3) is 0 Å². The van der Waals surface area contributed by atoms with Crippen LogP contribution in [0.2, 0.25) is 0 Å². The van der Waals surface area contributed by atoms with Crippen molar-refractivity contribution in [2.45, 2.75) is 6.42 Å². The molecule has 0 saturated carbocycles. The molecule has 1 aromatic rings. The van der Waals surface area contributed by atoms with E-state index in [2.05, 4.69) is 10.2 Å². The number of carbonyl (C=O) groups is 2. The van der Waals surface area contributed by atoms with Gasteiger partial charge in [-0.2, -0.15) is 0 Å². The molecule has 0 aliphatic carbocycles.